The van der Waals surface area contributed by atoms with E-state index in [4.69, 9.17) is 10.3 Å². The molecule has 108 valence electrons. The predicted molar refractivity (Wildman–Crippen MR) is 88.0 cm³/mol. The summed E-state index contributed by atoms with van der Waals surface area (Å²) in [6.45, 7) is 0.835. The molecule has 1 fully saturated rings. The van der Waals surface area contributed by atoms with Crippen LogP contribution in [0.4, 0.5) is 5.69 Å². The molecule has 2 aliphatic heterocycles. The van der Waals surface area contributed by atoms with Crippen LogP contribution in [0.25, 0.3) is 0 Å². The van der Waals surface area contributed by atoms with Gasteiger partial charge >= 0.3 is 0 Å². The summed E-state index contributed by atoms with van der Waals surface area (Å²) in [4.78, 5) is 11.2. The van der Waals surface area contributed by atoms with Crippen LogP contribution >= 0.6 is 11.8 Å². The number of aromatic nitrogens is 1. The number of thioether (sulfide) groups is 1. The molecule has 0 spiro atoms. The molecular weight excluding hydrogens is 292 g/mol. The summed E-state index contributed by atoms with van der Waals surface area (Å²) in [5, 5.41) is 10.1. The summed E-state index contributed by atoms with van der Waals surface area (Å²) in [6.07, 6.45) is 4.57. The van der Waals surface area contributed by atoms with Crippen molar-refractivity contribution in [2.24, 2.45) is 4.99 Å². The van der Waals surface area contributed by atoms with E-state index in [1.807, 2.05) is 24.3 Å². The van der Waals surface area contributed by atoms with Crippen molar-refractivity contribution >= 4 is 22.6 Å². The van der Waals surface area contributed by atoms with Crippen molar-refractivity contribution in [1.82, 2.24) is 9.88 Å². The molecule has 4 rings (SSSR count). The molecule has 2 aliphatic rings. The van der Waals surface area contributed by atoms with E-state index in [2.05, 4.69) is 22.0 Å². The van der Waals surface area contributed by atoms with Gasteiger partial charge in [0, 0.05) is 24.5 Å². The molecule has 0 saturated carbocycles. The van der Waals surface area contributed by atoms with Gasteiger partial charge in [0.05, 0.1) is 23.5 Å². The second kappa shape index (κ2) is 5.47. The number of aliphatic imine (C=N–C) groups is 1. The Labute approximate surface area is 133 Å². The van der Waals surface area contributed by atoms with E-state index in [1.54, 1.807) is 24.2 Å². The molecule has 0 N–H and O–H groups in total. The topological polar surface area (TPSA) is 52.3 Å². The Morgan fingerprint density at radius 3 is 3.09 bits per heavy atom. The summed E-state index contributed by atoms with van der Waals surface area (Å²) in [6, 6.07) is 12.6. The minimum atomic E-state index is 0.501. The van der Waals surface area contributed by atoms with Gasteiger partial charge in [-0.25, -0.2) is 4.99 Å². The molecule has 2 aromatic rings. The Bertz CT molecular complexity index is 779. The lowest BCUT2D eigenvalue weighted by Gasteiger charge is -2.32. The third kappa shape index (κ3) is 2.36. The fourth-order valence-electron chi connectivity index (χ4n) is 2.97. The fraction of sp³-hybridized carbons (Fsp3) is 0.235. The van der Waals surface area contributed by atoms with Gasteiger partial charge in [-0.3, -0.25) is 4.98 Å². The molecule has 4 nitrogen and oxygen atoms in total. The minimum absolute atomic E-state index is 0.501. The summed E-state index contributed by atoms with van der Waals surface area (Å²) in [5.41, 5.74) is 4.23. The maximum absolute atomic E-state index is 9.08. The van der Waals surface area contributed by atoms with E-state index in [1.165, 1.54) is 11.1 Å². The first-order valence-corrected chi connectivity index (χ1v) is 8.22. The largest absolute Gasteiger partial charge is 0.343 e. The van der Waals surface area contributed by atoms with Crippen LogP contribution in [0.5, 0.6) is 0 Å². The number of pyridine rings is 1. The summed E-state index contributed by atoms with van der Waals surface area (Å²) < 4.78 is 0. The monoisotopic (exact) mass is 306 g/mol. The molecular formula is C17H14N4S. The lowest BCUT2D eigenvalue weighted by atomic mass is 9.94. The van der Waals surface area contributed by atoms with Crippen LogP contribution in [0.1, 0.15) is 16.7 Å². The predicted octanol–water partition coefficient (Wildman–Crippen LogP) is 3.11. The molecule has 0 bridgehead atoms. The molecule has 22 heavy (non-hydrogen) atoms. The zero-order chi connectivity index (χ0) is 14.9. The van der Waals surface area contributed by atoms with Crippen molar-refractivity contribution < 1.29 is 0 Å². The van der Waals surface area contributed by atoms with Gasteiger partial charge in [0.2, 0.25) is 0 Å². The molecule has 0 amide bonds. The molecule has 5 heteroatoms. The molecule has 1 unspecified atom stereocenters. The number of rotatable bonds is 1. The Morgan fingerprint density at radius 2 is 2.27 bits per heavy atom. The number of fused-ring (bicyclic) bond motifs is 2. The van der Waals surface area contributed by atoms with Crippen LogP contribution in [0, 0.1) is 11.3 Å². The highest BCUT2D eigenvalue weighted by atomic mass is 32.2. The number of benzene rings is 1. The molecule has 0 radical (unpaired) electrons. The van der Waals surface area contributed by atoms with Crippen LogP contribution in [-0.2, 0) is 13.0 Å². The first kappa shape index (κ1) is 13.4. The zero-order valence-electron chi connectivity index (χ0n) is 11.9. The fourth-order valence-corrected chi connectivity index (χ4v) is 4.16. The maximum Gasteiger partial charge on any atom is 0.165 e. The van der Waals surface area contributed by atoms with E-state index in [0.717, 1.165) is 35.1 Å². The second-order valence-electron chi connectivity index (χ2n) is 5.50. The van der Waals surface area contributed by atoms with Crippen molar-refractivity contribution in [3.8, 4) is 6.07 Å². The Morgan fingerprint density at radius 1 is 1.32 bits per heavy atom. The first-order valence-electron chi connectivity index (χ1n) is 7.23. The van der Waals surface area contributed by atoms with Crippen LogP contribution in [0.2, 0.25) is 0 Å². The molecule has 1 aromatic carbocycles. The van der Waals surface area contributed by atoms with Crippen molar-refractivity contribution in [3.63, 3.8) is 0 Å². The minimum Gasteiger partial charge on any atom is -0.343 e. The second-order valence-corrected chi connectivity index (χ2v) is 6.48. The smallest absolute Gasteiger partial charge is 0.165 e. The van der Waals surface area contributed by atoms with Gasteiger partial charge in [-0.05, 0) is 41.8 Å². The van der Waals surface area contributed by atoms with E-state index in [-0.39, 0.29) is 0 Å². The average Bonchev–Trinajstić information content (AvgIpc) is 2.95. The SMILES string of the molecule is N#Cc1ccc2c(c1)CN1C(=Nc3cccnc3)SCC1C2. The van der Waals surface area contributed by atoms with E-state index in [9.17, 15) is 0 Å². The molecule has 0 aliphatic carbocycles. The third-order valence-corrected chi connectivity index (χ3v) is 5.23. The normalized spacial score (nSPS) is 21.3. The lowest BCUT2D eigenvalue weighted by Crippen LogP contribution is -2.38. The van der Waals surface area contributed by atoms with Gasteiger partial charge in [0.1, 0.15) is 0 Å². The highest BCUT2D eigenvalue weighted by Crippen LogP contribution is 2.34. The van der Waals surface area contributed by atoms with Crippen LogP contribution in [0.15, 0.2) is 47.7 Å². The lowest BCUT2D eigenvalue weighted by molar-refractivity contribution is 0.320. The summed E-state index contributed by atoms with van der Waals surface area (Å²) in [7, 11) is 0. The number of nitriles is 1. The number of amidine groups is 1. The van der Waals surface area contributed by atoms with Crippen LogP contribution in [0.3, 0.4) is 0 Å². The molecule has 1 saturated heterocycles. The quantitative estimate of drug-likeness (QED) is 0.812. The number of nitrogens with zero attached hydrogens (tertiary/aromatic N) is 4. The van der Waals surface area contributed by atoms with Crippen molar-refractivity contribution in [3.05, 3.63) is 59.4 Å². The summed E-state index contributed by atoms with van der Waals surface area (Å²) in [5.74, 6) is 1.07. The van der Waals surface area contributed by atoms with Crippen molar-refractivity contribution in [2.45, 2.75) is 19.0 Å². The van der Waals surface area contributed by atoms with Gasteiger partial charge in [-0.15, -0.1) is 0 Å². The highest BCUT2D eigenvalue weighted by Gasteiger charge is 2.34. The van der Waals surface area contributed by atoms with E-state index < -0.39 is 0 Å². The molecule has 1 atom stereocenters. The first-order chi connectivity index (χ1) is 10.8. The summed E-state index contributed by atoms with van der Waals surface area (Å²) >= 11 is 1.81. The molecule has 3 heterocycles. The average molecular weight is 306 g/mol. The Kier molecular flexibility index (Phi) is 3.32. The van der Waals surface area contributed by atoms with Gasteiger partial charge in [-0.2, -0.15) is 5.26 Å². The van der Waals surface area contributed by atoms with Gasteiger partial charge in [0.15, 0.2) is 5.17 Å². The Hall–Kier alpha value is -2.32. The highest BCUT2D eigenvalue weighted by molar-refractivity contribution is 8.14. The van der Waals surface area contributed by atoms with E-state index in [0.29, 0.717) is 6.04 Å². The Balaban J connectivity index is 1.66. The van der Waals surface area contributed by atoms with E-state index >= 15 is 0 Å². The molecule has 1 aromatic heterocycles. The van der Waals surface area contributed by atoms with Crippen molar-refractivity contribution in [2.75, 3.05) is 5.75 Å². The van der Waals surface area contributed by atoms with Gasteiger partial charge in [0.25, 0.3) is 0 Å². The van der Waals surface area contributed by atoms with Gasteiger partial charge in [-0.1, -0.05) is 17.8 Å². The maximum atomic E-state index is 9.08. The van der Waals surface area contributed by atoms with Crippen LogP contribution < -0.4 is 0 Å². The zero-order valence-corrected chi connectivity index (χ0v) is 12.8. The number of hydrogen-bond donors (Lipinski definition) is 0. The van der Waals surface area contributed by atoms with Gasteiger partial charge < -0.3 is 4.90 Å². The van der Waals surface area contributed by atoms with Crippen LogP contribution in [-0.4, -0.2) is 26.8 Å². The third-order valence-electron chi connectivity index (χ3n) is 4.09. The van der Waals surface area contributed by atoms with Crippen molar-refractivity contribution in [1.29, 1.82) is 5.26 Å². The number of hydrogen-bond acceptors (Lipinski definition) is 4. The standard InChI is InChI=1S/C17H14N4S/c18-8-12-3-4-13-7-16-11-22-17(21(16)10-14(13)6-12)20-15-2-1-5-19-9-15/h1-6,9,16H,7,10-11H2.